The molecule has 1 aliphatic rings. The maximum atomic E-state index is 12.5. The number of nitrogens with zero attached hydrogens (tertiary/aromatic N) is 4. The van der Waals surface area contributed by atoms with Crippen molar-refractivity contribution >= 4 is 18.3 Å². The SMILES string of the molecule is CC1(CN)CCN(C(=O)c2ccc(-n3cnnc3)cc2)C1.Cl. The summed E-state index contributed by atoms with van der Waals surface area (Å²) in [6.45, 7) is 4.26. The lowest BCUT2D eigenvalue weighted by Gasteiger charge is -2.22. The van der Waals surface area contributed by atoms with Gasteiger partial charge in [-0.15, -0.1) is 22.6 Å². The predicted octanol–water partition coefficient (Wildman–Crippen LogP) is 1.50. The number of likely N-dealkylation sites (tertiary alicyclic amines) is 1. The first kappa shape index (κ1) is 16.5. The lowest BCUT2D eigenvalue weighted by molar-refractivity contribution is 0.0777. The van der Waals surface area contributed by atoms with Crippen LogP contribution < -0.4 is 5.73 Å². The summed E-state index contributed by atoms with van der Waals surface area (Å²) in [5.41, 5.74) is 7.48. The molecule has 1 aromatic carbocycles. The first-order valence-electron chi connectivity index (χ1n) is 7.06. The number of amides is 1. The molecule has 0 bridgehead atoms. The number of halogens is 1. The van der Waals surface area contributed by atoms with Crippen LogP contribution in [0.15, 0.2) is 36.9 Å². The molecule has 1 amide bonds. The highest BCUT2D eigenvalue weighted by molar-refractivity contribution is 5.94. The number of benzene rings is 1. The topological polar surface area (TPSA) is 77.0 Å². The van der Waals surface area contributed by atoms with E-state index in [1.54, 1.807) is 17.2 Å². The van der Waals surface area contributed by atoms with E-state index >= 15 is 0 Å². The number of carbonyl (C=O) groups is 1. The molecule has 2 heterocycles. The summed E-state index contributed by atoms with van der Waals surface area (Å²) in [5, 5.41) is 7.54. The van der Waals surface area contributed by atoms with Gasteiger partial charge in [-0.2, -0.15) is 0 Å². The van der Waals surface area contributed by atoms with E-state index in [9.17, 15) is 4.79 Å². The van der Waals surface area contributed by atoms with E-state index in [0.29, 0.717) is 12.1 Å². The highest BCUT2D eigenvalue weighted by Gasteiger charge is 2.35. The van der Waals surface area contributed by atoms with E-state index in [1.165, 1.54) is 0 Å². The summed E-state index contributed by atoms with van der Waals surface area (Å²) in [4.78, 5) is 14.4. The number of hydrogen-bond donors (Lipinski definition) is 1. The summed E-state index contributed by atoms with van der Waals surface area (Å²) in [6, 6.07) is 7.48. The molecule has 3 rings (SSSR count). The lowest BCUT2D eigenvalue weighted by Crippen LogP contribution is -2.34. The highest BCUT2D eigenvalue weighted by Crippen LogP contribution is 2.29. The van der Waals surface area contributed by atoms with Crippen molar-refractivity contribution < 1.29 is 4.79 Å². The Bertz CT molecular complexity index is 628. The molecule has 1 aromatic heterocycles. The molecule has 1 saturated heterocycles. The number of carbonyl (C=O) groups excluding carboxylic acids is 1. The Morgan fingerprint density at radius 1 is 1.27 bits per heavy atom. The summed E-state index contributed by atoms with van der Waals surface area (Å²) in [7, 11) is 0. The van der Waals surface area contributed by atoms with Crippen molar-refractivity contribution in [3.05, 3.63) is 42.5 Å². The zero-order chi connectivity index (χ0) is 14.9. The van der Waals surface area contributed by atoms with Crippen molar-refractivity contribution in [1.82, 2.24) is 19.7 Å². The molecule has 0 aliphatic carbocycles. The maximum absolute atomic E-state index is 12.5. The van der Waals surface area contributed by atoms with E-state index in [2.05, 4.69) is 17.1 Å². The zero-order valence-corrected chi connectivity index (χ0v) is 13.3. The fourth-order valence-corrected chi connectivity index (χ4v) is 2.66. The van der Waals surface area contributed by atoms with Gasteiger partial charge in [0.25, 0.3) is 5.91 Å². The van der Waals surface area contributed by atoms with Gasteiger partial charge in [-0.1, -0.05) is 6.92 Å². The van der Waals surface area contributed by atoms with Crippen LogP contribution in [0.1, 0.15) is 23.7 Å². The van der Waals surface area contributed by atoms with E-state index in [4.69, 9.17) is 5.73 Å². The van der Waals surface area contributed by atoms with Crippen molar-refractivity contribution in [3.8, 4) is 5.69 Å². The zero-order valence-electron chi connectivity index (χ0n) is 12.5. The Labute approximate surface area is 135 Å². The fourth-order valence-electron chi connectivity index (χ4n) is 2.66. The van der Waals surface area contributed by atoms with Crippen LogP contribution in [0.2, 0.25) is 0 Å². The molecule has 0 spiro atoms. The molecule has 22 heavy (non-hydrogen) atoms. The van der Waals surface area contributed by atoms with Gasteiger partial charge in [-0.25, -0.2) is 0 Å². The molecule has 6 nitrogen and oxygen atoms in total. The second-order valence-corrected chi connectivity index (χ2v) is 5.91. The van der Waals surface area contributed by atoms with E-state index < -0.39 is 0 Å². The minimum atomic E-state index is 0. The normalized spacial score (nSPS) is 20.7. The standard InChI is InChI=1S/C15H19N5O.ClH/c1-15(8-16)6-7-19(9-15)14(21)12-2-4-13(5-3-12)20-10-17-18-11-20;/h2-5,10-11H,6-9,16H2,1H3;1H. The third-order valence-corrected chi connectivity index (χ3v) is 4.17. The van der Waals surface area contributed by atoms with Crippen molar-refractivity contribution in [1.29, 1.82) is 0 Å². The van der Waals surface area contributed by atoms with Gasteiger partial charge >= 0.3 is 0 Å². The molecule has 1 atom stereocenters. The van der Waals surface area contributed by atoms with Gasteiger partial charge in [0.05, 0.1) is 0 Å². The van der Waals surface area contributed by atoms with Crippen molar-refractivity contribution in [3.63, 3.8) is 0 Å². The summed E-state index contributed by atoms with van der Waals surface area (Å²) in [5.74, 6) is 0.0717. The van der Waals surface area contributed by atoms with Gasteiger partial charge in [-0.05, 0) is 42.6 Å². The smallest absolute Gasteiger partial charge is 0.253 e. The van der Waals surface area contributed by atoms with E-state index in [-0.39, 0.29) is 23.7 Å². The molecular weight excluding hydrogens is 302 g/mol. The van der Waals surface area contributed by atoms with Gasteiger partial charge in [-0.3, -0.25) is 9.36 Å². The van der Waals surface area contributed by atoms with Gasteiger partial charge in [0.1, 0.15) is 12.7 Å². The Morgan fingerprint density at radius 3 is 2.45 bits per heavy atom. The highest BCUT2D eigenvalue weighted by atomic mass is 35.5. The average Bonchev–Trinajstić information content (AvgIpc) is 3.17. The third-order valence-electron chi connectivity index (χ3n) is 4.17. The van der Waals surface area contributed by atoms with Gasteiger partial charge in [0.2, 0.25) is 0 Å². The Balaban J connectivity index is 0.00000176. The molecule has 7 heteroatoms. The number of aromatic nitrogens is 3. The number of hydrogen-bond acceptors (Lipinski definition) is 4. The molecule has 1 aliphatic heterocycles. The molecule has 2 N–H and O–H groups in total. The number of rotatable bonds is 3. The molecule has 118 valence electrons. The molecule has 1 fully saturated rings. The van der Waals surface area contributed by atoms with Crippen LogP contribution in [0.5, 0.6) is 0 Å². The molecule has 0 saturated carbocycles. The number of nitrogens with two attached hydrogens (primary N) is 1. The van der Waals surface area contributed by atoms with Crippen LogP contribution in [0, 0.1) is 5.41 Å². The molecule has 1 unspecified atom stereocenters. The first-order chi connectivity index (χ1) is 10.1. The second-order valence-electron chi connectivity index (χ2n) is 5.91. The quantitative estimate of drug-likeness (QED) is 0.929. The Morgan fingerprint density at radius 2 is 1.91 bits per heavy atom. The summed E-state index contributed by atoms with van der Waals surface area (Å²) < 4.78 is 1.80. The maximum Gasteiger partial charge on any atom is 0.253 e. The van der Waals surface area contributed by atoms with Gasteiger partial charge in [0, 0.05) is 24.3 Å². The second kappa shape index (κ2) is 6.46. The van der Waals surface area contributed by atoms with E-state index in [1.807, 2.05) is 29.2 Å². The van der Waals surface area contributed by atoms with Crippen molar-refractivity contribution in [2.24, 2.45) is 11.1 Å². The molecular formula is C15H20ClN5O. The third kappa shape index (κ3) is 3.13. The van der Waals surface area contributed by atoms with Crippen LogP contribution in [0.3, 0.4) is 0 Å². The lowest BCUT2D eigenvalue weighted by atomic mass is 9.90. The molecule has 2 aromatic rings. The van der Waals surface area contributed by atoms with Gasteiger partial charge < -0.3 is 10.6 Å². The Kier molecular flexibility index (Phi) is 4.83. The van der Waals surface area contributed by atoms with Crippen LogP contribution in [-0.2, 0) is 0 Å². The van der Waals surface area contributed by atoms with Crippen LogP contribution >= 0.6 is 12.4 Å². The molecule has 0 radical (unpaired) electrons. The van der Waals surface area contributed by atoms with Crippen molar-refractivity contribution in [2.45, 2.75) is 13.3 Å². The predicted molar refractivity (Wildman–Crippen MR) is 86.3 cm³/mol. The van der Waals surface area contributed by atoms with Crippen molar-refractivity contribution in [2.75, 3.05) is 19.6 Å². The van der Waals surface area contributed by atoms with E-state index in [0.717, 1.165) is 25.2 Å². The summed E-state index contributed by atoms with van der Waals surface area (Å²) >= 11 is 0. The first-order valence-corrected chi connectivity index (χ1v) is 7.06. The fraction of sp³-hybridized carbons (Fsp3) is 0.400. The van der Waals surface area contributed by atoms with Crippen LogP contribution in [-0.4, -0.2) is 45.2 Å². The monoisotopic (exact) mass is 321 g/mol. The Hall–Kier alpha value is -1.92. The minimum Gasteiger partial charge on any atom is -0.338 e. The van der Waals surface area contributed by atoms with Crippen LogP contribution in [0.25, 0.3) is 5.69 Å². The largest absolute Gasteiger partial charge is 0.338 e. The summed E-state index contributed by atoms with van der Waals surface area (Å²) in [6.07, 6.45) is 4.22. The van der Waals surface area contributed by atoms with Gasteiger partial charge in [0.15, 0.2) is 0 Å². The minimum absolute atomic E-state index is 0. The average molecular weight is 322 g/mol. The van der Waals surface area contributed by atoms with Crippen LogP contribution in [0.4, 0.5) is 0 Å².